The Morgan fingerprint density at radius 3 is 1.08 bits per heavy atom. The second-order valence-electron chi connectivity index (χ2n) is 10.4. The average Bonchev–Trinajstić information content (AvgIpc) is 2.89. The van der Waals surface area contributed by atoms with Gasteiger partial charge in [-0.3, -0.25) is 14.4 Å². The predicted octanol–water partition coefficient (Wildman–Crippen LogP) is 8.63. The number of hydrogen-bond acceptors (Lipinski definition) is 6. The molecule has 0 aromatic heterocycles. The van der Waals surface area contributed by atoms with Crippen molar-refractivity contribution in [3.05, 3.63) is 0 Å². The van der Waals surface area contributed by atoms with E-state index in [4.69, 9.17) is 14.2 Å². The van der Waals surface area contributed by atoms with Crippen molar-refractivity contribution in [2.75, 3.05) is 13.2 Å². The Morgan fingerprint density at radius 2 is 0.730 bits per heavy atom. The number of carbonyl (C=O) groups is 3. The van der Waals surface area contributed by atoms with Gasteiger partial charge in [-0.05, 0) is 19.3 Å². The van der Waals surface area contributed by atoms with Crippen LogP contribution in [0.25, 0.3) is 0 Å². The first-order chi connectivity index (χ1) is 18.0. The maximum Gasteiger partial charge on any atom is 0.306 e. The summed E-state index contributed by atoms with van der Waals surface area (Å²) < 4.78 is 16.3. The average molecular weight is 527 g/mol. The number of ether oxygens (including phenoxy) is 3. The Kier molecular flexibility index (Phi) is 26.3. The van der Waals surface area contributed by atoms with Crippen LogP contribution in [0.4, 0.5) is 0 Å². The van der Waals surface area contributed by atoms with Gasteiger partial charge in [-0.1, -0.05) is 124 Å². The number of esters is 3. The molecule has 0 heterocycles. The Balaban J connectivity index is 4.33. The van der Waals surface area contributed by atoms with Gasteiger partial charge in [0.25, 0.3) is 0 Å². The van der Waals surface area contributed by atoms with Crippen LogP contribution in [-0.2, 0) is 28.6 Å². The fraction of sp³-hybridized carbons (Fsp3) is 0.903. The first-order valence-corrected chi connectivity index (χ1v) is 15.5. The molecule has 0 amide bonds. The van der Waals surface area contributed by atoms with E-state index in [1.54, 1.807) is 0 Å². The molecule has 1 unspecified atom stereocenters. The minimum absolute atomic E-state index is 0.0676. The molecule has 0 aliphatic rings. The lowest BCUT2D eigenvalue weighted by Gasteiger charge is -2.18. The molecule has 0 rings (SSSR count). The zero-order valence-electron chi connectivity index (χ0n) is 24.5. The summed E-state index contributed by atoms with van der Waals surface area (Å²) in [5.41, 5.74) is 0. The molecule has 0 aromatic rings. The first kappa shape index (κ1) is 35.4. The van der Waals surface area contributed by atoms with Crippen LogP contribution in [0.15, 0.2) is 0 Å². The van der Waals surface area contributed by atoms with Crippen LogP contribution in [0, 0.1) is 0 Å². The van der Waals surface area contributed by atoms with Crippen LogP contribution in [0.2, 0.25) is 0 Å². The van der Waals surface area contributed by atoms with E-state index in [0.29, 0.717) is 19.3 Å². The molecule has 6 heteroatoms. The topological polar surface area (TPSA) is 78.9 Å². The van der Waals surface area contributed by atoms with Crippen molar-refractivity contribution in [1.29, 1.82) is 0 Å². The van der Waals surface area contributed by atoms with Crippen LogP contribution in [0.5, 0.6) is 0 Å². The second-order valence-corrected chi connectivity index (χ2v) is 10.4. The summed E-state index contributed by atoms with van der Waals surface area (Å²) >= 11 is 0. The van der Waals surface area contributed by atoms with Gasteiger partial charge in [0.05, 0.1) is 0 Å². The fourth-order valence-corrected chi connectivity index (χ4v) is 4.20. The van der Waals surface area contributed by atoms with E-state index in [-0.39, 0.29) is 31.1 Å². The normalized spacial score (nSPS) is 11.8. The van der Waals surface area contributed by atoms with Gasteiger partial charge in [-0.2, -0.15) is 0 Å². The van der Waals surface area contributed by atoms with Crippen LogP contribution < -0.4 is 0 Å². The van der Waals surface area contributed by atoms with Gasteiger partial charge >= 0.3 is 17.9 Å². The third kappa shape index (κ3) is 25.8. The lowest BCUT2D eigenvalue weighted by Crippen LogP contribution is -2.30. The minimum atomic E-state index is -0.751. The van der Waals surface area contributed by atoms with Crippen LogP contribution in [0.1, 0.15) is 162 Å². The van der Waals surface area contributed by atoms with Crippen molar-refractivity contribution in [2.24, 2.45) is 0 Å². The molecule has 0 N–H and O–H groups in total. The predicted molar refractivity (Wildman–Crippen MR) is 150 cm³/mol. The number of hydrogen-bond donors (Lipinski definition) is 0. The maximum atomic E-state index is 12.3. The van der Waals surface area contributed by atoms with Crippen molar-refractivity contribution in [2.45, 2.75) is 168 Å². The smallest absolute Gasteiger partial charge is 0.306 e. The summed E-state index contributed by atoms with van der Waals surface area (Å²) in [6, 6.07) is 0. The molecule has 0 aromatic carbocycles. The van der Waals surface area contributed by atoms with Crippen molar-refractivity contribution >= 4 is 17.9 Å². The largest absolute Gasteiger partial charge is 0.462 e. The third-order valence-electron chi connectivity index (χ3n) is 6.61. The molecule has 1 atom stereocenters. The summed E-state index contributed by atoms with van der Waals surface area (Å²) in [5.74, 6) is -0.904. The summed E-state index contributed by atoms with van der Waals surface area (Å²) in [6.45, 7) is 6.42. The van der Waals surface area contributed by atoms with E-state index in [2.05, 4.69) is 20.8 Å². The molecular formula is C31H58O6. The monoisotopic (exact) mass is 526 g/mol. The van der Waals surface area contributed by atoms with E-state index in [0.717, 1.165) is 64.2 Å². The summed E-state index contributed by atoms with van der Waals surface area (Å²) in [4.78, 5) is 36.7. The lowest BCUT2D eigenvalue weighted by atomic mass is 10.1. The van der Waals surface area contributed by atoms with Gasteiger partial charge in [0.15, 0.2) is 6.10 Å². The molecule has 0 spiro atoms. The maximum absolute atomic E-state index is 12.3. The van der Waals surface area contributed by atoms with Gasteiger partial charge < -0.3 is 14.2 Å². The third-order valence-corrected chi connectivity index (χ3v) is 6.61. The molecule has 218 valence electrons. The highest BCUT2D eigenvalue weighted by Gasteiger charge is 2.19. The number of rotatable bonds is 27. The zero-order chi connectivity index (χ0) is 27.4. The van der Waals surface area contributed by atoms with Crippen LogP contribution in [0.3, 0.4) is 0 Å². The van der Waals surface area contributed by atoms with Crippen molar-refractivity contribution in [3.63, 3.8) is 0 Å². The Hall–Kier alpha value is -1.59. The fourth-order valence-electron chi connectivity index (χ4n) is 4.20. The van der Waals surface area contributed by atoms with Gasteiger partial charge in [0, 0.05) is 19.3 Å². The summed E-state index contributed by atoms with van der Waals surface area (Å²) in [5, 5.41) is 0. The molecule has 0 saturated heterocycles. The Bertz CT molecular complexity index is 548. The second kappa shape index (κ2) is 27.4. The van der Waals surface area contributed by atoms with Crippen molar-refractivity contribution < 1.29 is 28.6 Å². The van der Waals surface area contributed by atoms with E-state index in [1.165, 1.54) is 57.8 Å². The van der Waals surface area contributed by atoms with Crippen LogP contribution >= 0.6 is 0 Å². The molecule has 0 fully saturated rings. The lowest BCUT2D eigenvalue weighted by molar-refractivity contribution is -0.167. The highest BCUT2D eigenvalue weighted by molar-refractivity contribution is 5.71. The van der Waals surface area contributed by atoms with E-state index in [9.17, 15) is 14.4 Å². The van der Waals surface area contributed by atoms with E-state index >= 15 is 0 Å². The van der Waals surface area contributed by atoms with Gasteiger partial charge in [0.2, 0.25) is 0 Å². The van der Waals surface area contributed by atoms with E-state index < -0.39 is 6.10 Å². The molecule has 0 radical (unpaired) electrons. The summed E-state index contributed by atoms with van der Waals surface area (Å²) in [7, 11) is 0. The summed E-state index contributed by atoms with van der Waals surface area (Å²) in [6.07, 6.45) is 21.4. The SMILES string of the molecule is CCCCCCCCCCC(=O)OCC(COC(=O)CCCCCCC)OC(=O)CCCCCCCC. The number of carbonyl (C=O) groups excluding carboxylic acids is 3. The van der Waals surface area contributed by atoms with Crippen LogP contribution in [-0.4, -0.2) is 37.2 Å². The molecular weight excluding hydrogens is 468 g/mol. The molecule has 6 nitrogen and oxygen atoms in total. The quantitative estimate of drug-likeness (QED) is 0.0605. The molecule has 37 heavy (non-hydrogen) atoms. The molecule has 0 bridgehead atoms. The zero-order valence-corrected chi connectivity index (χ0v) is 24.5. The highest BCUT2D eigenvalue weighted by atomic mass is 16.6. The van der Waals surface area contributed by atoms with Crippen molar-refractivity contribution in [3.8, 4) is 0 Å². The molecule has 0 aliphatic carbocycles. The Morgan fingerprint density at radius 1 is 0.432 bits per heavy atom. The molecule has 0 aliphatic heterocycles. The molecule has 0 saturated carbocycles. The van der Waals surface area contributed by atoms with Gasteiger partial charge in [0.1, 0.15) is 13.2 Å². The van der Waals surface area contributed by atoms with E-state index in [1.807, 2.05) is 0 Å². The van der Waals surface area contributed by atoms with Crippen molar-refractivity contribution in [1.82, 2.24) is 0 Å². The first-order valence-electron chi connectivity index (χ1n) is 15.5. The number of unbranched alkanes of at least 4 members (excludes halogenated alkanes) is 16. The minimum Gasteiger partial charge on any atom is -0.462 e. The Labute approximate surface area is 228 Å². The van der Waals surface area contributed by atoms with Gasteiger partial charge in [-0.15, -0.1) is 0 Å². The highest BCUT2D eigenvalue weighted by Crippen LogP contribution is 2.12. The van der Waals surface area contributed by atoms with Gasteiger partial charge in [-0.25, -0.2) is 0 Å². The standard InChI is InChI=1S/C31H58O6/c1-4-7-10-13-15-16-19-21-24-30(33)36-27-28(26-35-29(32)23-20-17-12-9-6-3)37-31(34)25-22-18-14-11-8-5-2/h28H,4-27H2,1-3H3.